The van der Waals surface area contributed by atoms with Gasteiger partial charge in [0.2, 0.25) is 0 Å². The van der Waals surface area contributed by atoms with Gasteiger partial charge >= 0.3 is 0 Å². The third kappa shape index (κ3) is 3.15. The van der Waals surface area contributed by atoms with E-state index >= 15 is 0 Å². The summed E-state index contributed by atoms with van der Waals surface area (Å²) in [4.78, 5) is 0. The van der Waals surface area contributed by atoms with E-state index in [1.54, 1.807) is 0 Å². The largest absolute Gasteiger partial charge is 0.310 e. The molecule has 0 aliphatic rings. The van der Waals surface area contributed by atoms with Gasteiger partial charge in [0, 0.05) is 6.04 Å². The summed E-state index contributed by atoms with van der Waals surface area (Å²) >= 11 is 0. The van der Waals surface area contributed by atoms with Crippen LogP contribution in [0.15, 0.2) is 24.3 Å². The van der Waals surface area contributed by atoms with Crippen molar-refractivity contribution in [2.75, 3.05) is 6.54 Å². The van der Waals surface area contributed by atoms with Crippen LogP contribution in [0, 0.1) is 6.92 Å². The topological polar surface area (TPSA) is 12.0 Å². The van der Waals surface area contributed by atoms with Crippen molar-refractivity contribution in [3.63, 3.8) is 0 Å². The van der Waals surface area contributed by atoms with Gasteiger partial charge in [0.1, 0.15) is 0 Å². The molecule has 1 aromatic carbocycles. The van der Waals surface area contributed by atoms with Crippen LogP contribution in [0.25, 0.3) is 0 Å². The lowest BCUT2D eigenvalue weighted by Crippen LogP contribution is -2.20. The maximum atomic E-state index is 3.54. The molecule has 14 heavy (non-hydrogen) atoms. The summed E-state index contributed by atoms with van der Waals surface area (Å²) in [6, 6.07) is 9.06. The molecule has 1 nitrogen and oxygen atoms in total. The molecular formula is C13H21N. The molecule has 78 valence electrons. The first-order valence-electron chi connectivity index (χ1n) is 5.54. The minimum Gasteiger partial charge on any atom is -0.310 e. The van der Waals surface area contributed by atoms with Crippen LogP contribution in [0.5, 0.6) is 0 Å². The average molecular weight is 191 g/mol. The van der Waals surface area contributed by atoms with Crippen LogP contribution in [-0.4, -0.2) is 6.54 Å². The maximum absolute atomic E-state index is 3.54. The first kappa shape index (κ1) is 11.3. The van der Waals surface area contributed by atoms with Gasteiger partial charge < -0.3 is 5.32 Å². The summed E-state index contributed by atoms with van der Waals surface area (Å²) in [5.74, 6) is 0. The Hall–Kier alpha value is -0.820. The first-order chi connectivity index (χ1) is 6.75. The quantitative estimate of drug-likeness (QED) is 0.703. The van der Waals surface area contributed by atoms with Crippen molar-refractivity contribution in [3.8, 4) is 0 Å². The maximum Gasteiger partial charge on any atom is 0.0294 e. The van der Waals surface area contributed by atoms with Crippen LogP contribution in [0.1, 0.15) is 43.9 Å². The number of benzene rings is 1. The van der Waals surface area contributed by atoms with E-state index in [2.05, 4.69) is 50.4 Å². The Labute approximate surface area is 87.5 Å². The third-order valence-corrected chi connectivity index (χ3v) is 2.64. The highest BCUT2D eigenvalue weighted by atomic mass is 14.9. The lowest BCUT2D eigenvalue weighted by atomic mass is 10.0. The van der Waals surface area contributed by atoms with Gasteiger partial charge in [-0.05, 0) is 37.9 Å². The fourth-order valence-corrected chi connectivity index (χ4v) is 1.68. The molecule has 1 rings (SSSR count). The van der Waals surface area contributed by atoms with E-state index in [0.717, 1.165) is 6.54 Å². The predicted octanol–water partition coefficient (Wildman–Crippen LogP) is 3.45. The highest BCUT2D eigenvalue weighted by Crippen LogP contribution is 2.16. The molecule has 1 aromatic rings. The molecule has 0 amide bonds. The zero-order valence-corrected chi connectivity index (χ0v) is 9.51. The standard InChI is InChI=1S/C13H21N/c1-4-5-10-14-12(3)13-9-7-6-8-11(13)2/h6-9,12,14H,4-5,10H2,1-3H3/t12-/m0/s1. The Morgan fingerprint density at radius 3 is 2.64 bits per heavy atom. The molecule has 0 bridgehead atoms. The van der Waals surface area contributed by atoms with Gasteiger partial charge in [-0.25, -0.2) is 0 Å². The van der Waals surface area contributed by atoms with Gasteiger partial charge in [-0.3, -0.25) is 0 Å². The average Bonchev–Trinajstić information content (AvgIpc) is 2.18. The fraction of sp³-hybridized carbons (Fsp3) is 0.538. The second-order valence-corrected chi connectivity index (χ2v) is 3.89. The van der Waals surface area contributed by atoms with Crippen molar-refractivity contribution in [3.05, 3.63) is 35.4 Å². The summed E-state index contributed by atoms with van der Waals surface area (Å²) in [5.41, 5.74) is 2.80. The molecule has 1 heteroatoms. The van der Waals surface area contributed by atoms with Crippen LogP contribution >= 0.6 is 0 Å². The molecule has 0 radical (unpaired) electrons. The number of rotatable bonds is 5. The Bertz CT molecular complexity index is 268. The van der Waals surface area contributed by atoms with Gasteiger partial charge in [-0.15, -0.1) is 0 Å². The predicted molar refractivity (Wildman–Crippen MR) is 62.5 cm³/mol. The number of unbranched alkanes of at least 4 members (excludes halogenated alkanes) is 1. The monoisotopic (exact) mass is 191 g/mol. The molecule has 0 heterocycles. The fourth-order valence-electron chi connectivity index (χ4n) is 1.68. The highest BCUT2D eigenvalue weighted by molar-refractivity contribution is 5.28. The van der Waals surface area contributed by atoms with Crippen molar-refractivity contribution < 1.29 is 0 Å². The van der Waals surface area contributed by atoms with E-state index in [4.69, 9.17) is 0 Å². The number of aryl methyl sites for hydroxylation is 1. The zero-order chi connectivity index (χ0) is 10.4. The number of hydrogen-bond acceptors (Lipinski definition) is 1. The van der Waals surface area contributed by atoms with Crippen molar-refractivity contribution >= 4 is 0 Å². The normalized spacial score (nSPS) is 12.8. The summed E-state index contributed by atoms with van der Waals surface area (Å²) in [6.07, 6.45) is 2.52. The Kier molecular flexibility index (Phi) is 4.68. The van der Waals surface area contributed by atoms with E-state index < -0.39 is 0 Å². The van der Waals surface area contributed by atoms with Gasteiger partial charge in [0.15, 0.2) is 0 Å². The van der Waals surface area contributed by atoms with Gasteiger partial charge in [-0.1, -0.05) is 37.6 Å². The SMILES string of the molecule is CCCCN[C@@H](C)c1ccccc1C. The molecule has 0 aliphatic heterocycles. The second-order valence-electron chi connectivity index (χ2n) is 3.89. The van der Waals surface area contributed by atoms with E-state index in [0.29, 0.717) is 6.04 Å². The first-order valence-corrected chi connectivity index (χ1v) is 5.54. The molecule has 0 aromatic heterocycles. The van der Waals surface area contributed by atoms with Gasteiger partial charge in [-0.2, -0.15) is 0 Å². The lowest BCUT2D eigenvalue weighted by molar-refractivity contribution is 0.552. The van der Waals surface area contributed by atoms with Crippen molar-refractivity contribution in [2.45, 2.75) is 39.7 Å². The van der Waals surface area contributed by atoms with E-state index in [1.807, 2.05) is 0 Å². The molecular weight excluding hydrogens is 170 g/mol. The summed E-state index contributed by atoms with van der Waals surface area (Å²) in [5, 5.41) is 3.54. The summed E-state index contributed by atoms with van der Waals surface area (Å²) < 4.78 is 0. The zero-order valence-electron chi connectivity index (χ0n) is 9.51. The van der Waals surface area contributed by atoms with Crippen LogP contribution in [0.3, 0.4) is 0 Å². The van der Waals surface area contributed by atoms with Crippen LogP contribution in [-0.2, 0) is 0 Å². The molecule has 0 fully saturated rings. The summed E-state index contributed by atoms with van der Waals surface area (Å²) in [6.45, 7) is 7.75. The smallest absolute Gasteiger partial charge is 0.0294 e. The molecule has 1 N–H and O–H groups in total. The Balaban J connectivity index is 2.51. The molecule has 0 saturated carbocycles. The minimum atomic E-state index is 0.475. The van der Waals surface area contributed by atoms with Crippen molar-refractivity contribution in [2.24, 2.45) is 0 Å². The van der Waals surface area contributed by atoms with Gasteiger partial charge in [0.25, 0.3) is 0 Å². The third-order valence-electron chi connectivity index (χ3n) is 2.64. The molecule has 1 atom stereocenters. The molecule has 0 spiro atoms. The second kappa shape index (κ2) is 5.82. The van der Waals surface area contributed by atoms with Crippen LogP contribution < -0.4 is 5.32 Å². The lowest BCUT2D eigenvalue weighted by Gasteiger charge is -2.16. The highest BCUT2D eigenvalue weighted by Gasteiger charge is 2.05. The number of hydrogen-bond donors (Lipinski definition) is 1. The van der Waals surface area contributed by atoms with Crippen LogP contribution in [0.4, 0.5) is 0 Å². The van der Waals surface area contributed by atoms with E-state index in [-0.39, 0.29) is 0 Å². The molecule has 0 saturated heterocycles. The van der Waals surface area contributed by atoms with Crippen molar-refractivity contribution in [1.29, 1.82) is 0 Å². The van der Waals surface area contributed by atoms with E-state index in [1.165, 1.54) is 24.0 Å². The summed E-state index contributed by atoms with van der Waals surface area (Å²) in [7, 11) is 0. The Morgan fingerprint density at radius 1 is 1.29 bits per heavy atom. The minimum absolute atomic E-state index is 0.475. The Morgan fingerprint density at radius 2 is 2.00 bits per heavy atom. The van der Waals surface area contributed by atoms with Crippen molar-refractivity contribution in [1.82, 2.24) is 5.32 Å². The number of nitrogens with one attached hydrogen (secondary N) is 1. The molecule has 0 unspecified atom stereocenters. The van der Waals surface area contributed by atoms with E-state index in [9.17, 15) is 0 Å². The molecule has 0 aliphatic carbocycles. The van der Waals surface area contributed by atoms with Crippen LogP contribution in [0.2, 0.25) is 0 Å². The van der Waals surface area contributed by atoms with Gasteiger partial charge in [0.05, 0.1) is 0 Å².